The third-order valence-corrected chi connectivity index (χ3v) is 4.06. The molecule has 3 rings (SSSR count). The molecular formula is C15H19NO. The highest BCUT2D eigenvalue weighted by atomic mass is 16.1. The molecule has 1 aliphatic heterocycles. The van der Waals surface area contributed by atoms with Crippen molar-refractivity contribution in [1.29, 1.82) is 0 Å². The minimum absolute atomic E-state index is 0.336. The summed E-state index contributed by atoms with van der Waals surface area (Å²) in [5.74, 6) is 1.000. The summed E-state index contributed by atoms with van der Waals surface area (Å²) in [7, 11) is 0. The van der Waals surface area contributed by atoms with E-state index in [9.17, 15) is 4.79 Å². The van der Waals surface area contributed by atoms with Crippen molar-refractivity contribution in [3.05, 3.63) is 29.3 Å². The Hall–Kier alpha value is -1.31. The summed E-state index contributed by atoms with van der Waals surface area (Å²) in [4.78, 5) is 12.1. The number of carbonyl (C=O) groups excluding carboxylic acids is 1. The fourth-order valence-electron chi connectivity index (χ4n) is 2.73. The van der Waals surface area contributed by atoms with Gasteiger partial charge in [0.05, 0.1) is 0 Å². The van der Waals surface area contributed by atoms with Crippen molar-refractivity contribution in [2.45, 2.75) is 38.5 Å². The predicted octanol–water partition coefficient (Wildman–Crippen LogP) is 3.42. The van der Waals surface area contributed by atoms with E-state index in [1.807, 2.05) is 6.07 Å². The number of benzene rings is 1. The number of carbonyl (C=O) groups is 1. The minimum Gasteiger partial charge on any atom is -0.385 e. The van der Waals surface area contributed by atoms with E-state index in [2.05, 4.69) is 17.4 Å². The van der Waals surface area contributed by atoms with Gasteiger partial charge in [0.2, 0.25) is 0 Å². The van der Waals surface area contributed by atoms with Crippen LogP contribution in [-0.4, -0.2) is 12.3 Å². The molecule has 1 saturated carbocycles. The minimum atomic E-state index is 0.336. The van der Waals surface area contributed by atoms with Crippen LogP contribution in [0.3, 0.4) is 0 Å². The zero-order chi connectivity index (χ0) is 11.7. The molecule has 90 valence electrons. The second-order valence-corrected chi connectivity index (χ2v) is 5.33. The van der Waals surface area contributed by atoms with Gasteiger partial charge in [0.25, 0.3) is 0 Å². The Bertz CT molecular complexity index is 435. The van der Waals surface area contributed by atoms with E-state index in [-0.39, 0.29) is 0 Å². The van der Waals surface area contributed by atoms with Gasteiger partial charge >= 0.3 is 0 Å². The normalized spacial score (nSPS) is 19.1. The van der Waals surface area contributed by atoms with Crippen LogP contribution in [0.15, 0.2) is 18.2 Å². The Kier molecular flexibility index (Phi) is 2.87. The number of aryl methyl sites for hydroxylation is 1. The Labute approximate surface area is 102 Å². The van der Waals surface area contributed by atoms with Crippen LogP contribution in [0.25, 0.3) is 0 Å². The SMILES string of the molecule is O=C(CC1CCC1)c1ccc2c(c1)CCCN2. The Morgan fingerprint density at radius 2 is 2.18 bits per heavy atom. The third-order valence-electron chi connectivity index (χ3n) is 4.06. The van der Waals surface area contributed by atoms with Gasteiger partial charge in [-0.15, -0.1) is 0 Å². The standard InChI is InChI=1S/C15H19NO/c17-15(9-11-3-1-4-11)13-6-7-14-12(10-13)5-2-8-16-14/h6-7,10-11,16H,1-5,8-9H2. The summed E-state index contributed by atoms with van der Waals surface area (Å²) < 4.78 is 0. The molecule has 1 aromatic carbocycles. The second kappa shape index (κ2) is 4.52. The maximum Gasteiger partial charge on any atom is 0.163 e. The van der Waals surface area contributed by atoms with E-state index in [0.29, 0.717) is 11.7 Å². The van der Waals surface area contributed by atoms with Gasteiger partial charge in [-0.3, -0.25) is 4.79 Å². The molecule has 0 spiro atoms. The zero-order valence-electron chi connectivity index (χ0n) is 10.2. The summed E-state index contributed by atoms with van der Waals surface area (Å²) in [6.45, 7) is 1.06. The number of ketones is 1. The Morgan fingerprint density at radius 1 is 1.29 bits per heavy atom. The summed E-state index contributed by atoms with van der Waals surface area (Å²) in [6.07, 6.45) is 6.84. The molecule has 0 aromatic heterocycles. The van der Waals surface area contributed by atoms with Gasteiger partial charge in [-0.25, -0.2) is 0 Å². The molecule has 17 heavy (non-hydrogen) atoms. The maximum atomic E-state index is 12.1. The van der Waals surface area contributed by atoms with Gasteiger partial charge in [-0.05, 0) is 42.5 Å². The third kappa shape index (κ3) is 2.21. The number of nitrogens with one attached hydrogen (secondary N) is 1. The molecule has 0 bridgehead atoms. The molecule has 1 heterocycles. The first kappa shape index (κ1) is 10.8. The highest BCUT2D eigenvalue weighted by Crippen LogP contribution is 2.31. The summed E-state index contributed by atoms with van der Waals surface area (Å²) >= 11 is 0. The number of hydrogen-bond acceptors (Lipinski definition) is 2. The molecule has 1 fully saturated rings. The van der Waals surface area contributed by atoms with Crippen molar-refractivity contribution in [1.82, 2.24) is 0 Å². The quantitative estimate of drug-likeness (QED) is 0.805. The van der Waals surface area contributed by atoms with Gasteiger partial charge in [0.15, 0.2) is 5.78 Å². The van der Waals surface area contributed by atoms with Crippen LogP contribution in [-0.2, 0) is 6.42 Å². The fraction of sp³-hybridized carbons (Fsp3) is 0.533. The number of anilines is 1. The summed E-state index contributed by atoms with van der Waals surface area (Å²) in [5, 5.41) is 3.38. The van der Waals surface area contributed by atoms with Crippen molar-refractivity contribution >= 4 is 11.5 Å². The first-order chi connectivity index (χ1) is 8.33. The molecule has 0 radical (unpaired) electrons. The van der Waals surface area contributed by atoms with Crippen LogP contribution in [0.2, 0.25) is 0 Å². The van der Waals surface area contributed by atoms with E-state index >= 15 is 0 Å². The molecule has 0 amide bonds. The molecule has 1 N–H and O–H groups in total. The van der Waals surface area contributed by atoms with Crippen LogP contribution >= 0.6 is 0 Å². The lowest BCUT2D eigenvalue weighted by Crippen LogP contribution is -2.17. The molecule has 2 heteroatoms. The van der Waals surface area contributed by atoms with Crippen LogP contribution in [0, 0.1) is 5.92 Å². The smallest absolute Gasteiger partial charge is 0.163 e. The molecule has 2 nitrogen and oxygen atoms in total. The number of Topliss-reactive ketones (excluding diaryl/α,β-unsaturated/α-hetero) is 1. The molecule has 1 aromatic rings. The lowest BCUT2D eigenvalue weighted by molar-refractivity contribution is 0.0936. The van der Waals surface area contributed by atoms with Crippen LogP contribution in [0.1, 0.15) is 48.0 Å². The van der Waals surface area contributed by atoms with Crippen molar-refractivity contribution in [2.24, 2.45) is 5.92 Å². The predicted molar refractivity (Wildman–Crippen MR) is 69.5 cm³/mol. The van der Waals surface area contributed by atoms with E-state index in [4.69, 9.17) is 0 Å². The molecular weight excluding hydrogens is 210 g/mol. The van der Waals surface area contributed by atoms with E-state index in [1.165, 1.54) is 36.9 Å². The van der Waals surface area contributed by atoms with E-state index in [0.717, 1.165) is 24.9 Å². The van der Waals surface area contributed by atoms with Gasteiger partial charge < -0.3 is 5.32 Å². The number of hydrogen-bond donors (Lipinski definition) is 1. The second-order valence-electron chi connectivity index (χ2n) is 5.33. The van der Waals surface area contributed by atoms with Crippen LogP contribution in [0.5, 0.6) is 0 Å². The largest absolute Gasteiger partial charge is 0.385 e. The van der Waals surface area contributed by atoms with Gasteiger partial charge in [-0.1, -0.05) is 19.3 Å². The Balaban J connectivity index is 1.75. The molecule has 0 unspecified atom stereocenters. The van der Waals surface area contributed by atoms with Gasteiger partial charge in [0.1, 0.15) is 0 Å². The summed E-state index contributed by atoms with van der Waals surface area (Å²) in [5.41, 5.74) is 3.45. The van der Waals surface area contributed by atoms with Crippen LogP contribution in [0.4, 0.5) is 5.69 Å². The van der Waals surface area contributed by atoms with Crippen LogP contribution < -0.4 is 5.32 Å². The molecule has 0 saturated heterocycles. The maximum absolute atomic E-state index is 12.1. The van der Waals surface area contributed by atoms with Crippen molar-refractivity contribution in [2.75, 3.05) is 11.9 Å². The number of rotatable bonds is 3. The average molecular weight is 229 g/mol. The van der Waals surface area contributed by atoms with E-state index in [1.54, 1.807) is 0 Å². The average Bonchev–Trinajstić information content (AvgIpc) is 2.33. The monoisotopic (exact) mass is 229 g/mol. The molecule has 1 aliphatic carbocycles. The topological polar surface area (TPSA) is 29.1 Å². The first-order valence-corrected chi connectivity index (χ1v) is 6.73. The van der Waals surface area contributed by atoms with Crippen molar-refractivity contribution < 1.29 is 4.79 Å². The van der Waals surface area contributed by atoms with E-state index < -0.39 is 0 Å². The van der Waals surface area contributed by atoms with Crippen molar-refractivity contribution in [3.8, 4) is 0 Å². The van der Waals surface area contributed by atoms with Gasteiger partial charge in [0, 0.05) is 24.2 Å². The van der Waals surface area contributed by atoms with Crippen molar-refractivity contribution in [3.63, 3.8) is 0 Å². The fourth-order valence-corrected chi connectivity index (χ4v) is 2.73. The number of fused-ring (bicyclic) bond motifs is 1. The van der Waals surface area contributed by atoms with Gasteiger partial charge in [-0.2, -0.15) is 0 Å². The first-order valence-electron chi connectivity index (χ1n) is 6.73. The highest BCUT2D eigenvalue weighted by molar-refractivity contribution is 5.97. The lowest BCUT2D eigenvalue weighted by Gasteiger charge is -2.24. The summed E-state index contributed by atoms with van der Waals surface area (Å²) in [6, 6.07) is 6.16. The highest BCUT2D eigenvalue weighted by Gasteiger charge is 2.21. The zero-order valence-corrected chi connectivity index (χ0v) is 10.2. The molecule has 0 atom stereocenters. The Morgan fingerprint density at radius 3 is 2.94 bits per heavy atom. The molecule has 2 aliphatic rings. The lowest BCUT2D eigenvalue weighted by atomic mass is 9.81.